The third-order valence-corrected chi connectivity index (χ3v) is 9.34. The van der Waals surface area contributed by atoms with Crippen LogP contribution in [-0.4, -0.2) is 33.4 Å². The van der Waals surface area contributed by atoms with Crippen molar-refractivity contribution >= 4 is 28.6 Å². The van der Waals surface area contributed by atoms with Crippen LogP contribution in [0.3, 0.4) is 0 Å². The van der Waals surface area contributed by atoms with Gasteiger partial charge in [-0.1, -0.05) is 48.9 Å². The fraction of sp³-hybridized carbons (Fsp3) is 0.351. The van der Waals surface area contributed by atoms with Gasteiger partial charge in [0.05, 0.1) is 11.0 Å². The van der Waals surface area contributed by atoms with Crippen molar-refractivity contribution in [1.29, 1.82) is 0 Å². The first-order valence-corrected chi connectivity index (χ1v) is 15.6. The Balaban J connectivity index is 1.13. The zero-order chi connectivity index (χ0) is 29.7. The first-order valence-electron chi connectivity index (χ1n) is 15.6. The molecule has 1 amide bonds. The van der Waals surface area contributed by atoms with Crippen molar-refractivity contribution < 1.29 is 13.6 Å². The summed E-state index contributed by atoms with van der Waals surface area (Å²) in [6, 6.07) is 19.1. The number of rotatable bonds is 6. The fourth-order valence-electron chi connectivity index (χ4n) is 6.78. The summed E-state index contributed by atoms with van der Waals surface area (Å²) in [4.78, 5) is 20.5. The minimum absolute atomic E-state index is 0.00517. The molecule has 0 N–H and O–H groups in total. The lowest BCUT2D eigenvalue weighted by molar-refractivity contribution is 0.0708. The van der Waals surface area contributed by atoms with Crippen molar-refractivity contribution in [2.75, 3.05) is 13.1 Å². The number of likely N-dealkylation sites (tertiary alicyclic amines) is 1. The van der Waals surface area contributed by atoms with Crippen LogP contribution >= 0.6 is 0 Å². The van der Waals surface area contributed by atoms with E-state index in [-0.39, 0.29) is 17.6 Å². The van der Waals surface area contributed by atoms with Gasteiger partial charge >= 0.3 is 0 Å². The zero-order valence-electron chi connectivity index (χ0n) is 24.8. The van der Waals surface area contributed by atoms with Gasteiger partial charge in [-0.15, -0.1) is 0 Å². The molecule has 4 nitrogen and oxygen atoms in total. The molecule has 7 rings (SSSR count). The minimum atomic E-state index is -1.12. The SMILES string of the molecule is CCC(F)n1c(C2CCN(C(=O)c3ccc4c(c3)C=C(C)CC=C4c3cc(C4CC4)ccc3F)CC2)nc2ccccc21. The molecule has 0 spiro atoms. The number of fused-ring (bicyclic) bond motifs is 2. The zero-order valence-corrected chi connectivity index (χ0v) is 24.8. The molecule has 1 atom stereocenters. The molecule has 2 heterocycles. The number of aromatic nitrogens is 2. The molecule has 1 saturated heterocycles. The average Bonchev–Trinajstić information content (AvgIpc) is 3.83. The number of halogens is 2. The predicted molar refractivity (Wildman–Crippen MR) is 168 cm³/mol. The summed E-state index contributed by atoms with van der Waals surface area (Å²) < 4.78 is 32.0. The second-order valence-electron chi connectivity index (χ2n) is 12.4. The van der Waals surface area contributed by atoms with Crippen LogP contribution in [0.2, 0.25) is 0 Å². The number of nitrogens with zero attached hydrogens (tertiary/aromatic N) is 3. The van der Waals surface area contributed by atoms with E-state index in [1.54, 1.807) is 10.6 Å². The second-order valence-corrected chi connectivity index (χ2v) is 12.4. The average molecular weight is 578 g/mol. The second kappa shape index (κ2) is 11.2. The number of allylic oxidation sites excluding steroid dienone is 2. The van der Waals surface area contributed by atoms with E-state index in [1.165, 1.54) is 24.0 Å². The van der Waals surface area contributed by atoms with Crippen molar-refractivity contribution in [3.8, 4) is 0 Å². The summed E-state index contributed by atoms with van der Waals surface area (Å²) in [6.07, 6.45) is 8.03. The number of amides is 1. The van der Waals surface area contributed by atoms with Crippen molar-refractivity contribution in [2.24, 2.45) is 0 Å². The molecule has 1 saturated carbocycles. The highest BCUT2D eigenvalue weighted by Gasteiger charge is 2.30. The van der Waals surface area contributed by atoms with E-state index in [2.05, 4.69) is 19.1 Å². The van der Waals surface area contributed by atoms with Crippen molar-refractivity contribution in [2.45, 2.75) is 70.5 Å². The Kier molecular flexibility index (Phi) is 7.24. The van der Waals surface area contributed by atoms with Crippen LogP contribution in [0.5, 0.6) is 0 Å². The van der Waals surface area contributed by atoms with Gasteiger partial charge < -0.3 is 4.90 Å². The summed E-state index contributed by atoms with van der Waals surface area (Å²) in [5.41, 5.74) is 8.08. The lowest BCUT2D eigenvalue weighted by Gasteiger charge is -2.32. The first-order chi connectivity index (χ1) is 20.9. The van der Waals surface area contributed by atoms with Crippen molar-refractivity contribution in [3.63, 3.8) is 0 Å². The normalized spacial score (nSPS) is 18.2. The highest BCUT2D eigenvalue weighted by Crippen LogP contribution is 2.42. The van der Waals surface area contributed by atoms with Crippen LogP contribution in [0, 0.1) is 5.82 Å². The summed E-state index contributed by atoms with van der Waals surface area (Å²) in [6.45, 7) is 5.10. The minimum Gasteiger partial charge on any atom is -0.339 e. The van der Waals surface area contributed by atoms with E-state index < -0.39 is 6.30 Å². The van der Waals surface area contributed by atoms with Gasteiger partial charge in [0, 0.05) is 30.1 Å². The molecule has 2 aliphatic carbocycles. The van der Waals surface area contributed by atoms with E-state index in [9.17, 15) is 4.79 Å². The van der Waals surface area contributed by atoms with Gasteiger partial charge in [-0.05, 0) is 110 Å². The van der Waals surface area contributed by atoms with Crippen molar-refractivity contribution in [1.82, 2.24) is 14.5 Å². The number of carbonyl (C=O) groups is 1. The summed E-state index contributed by atoms with van der Waals surface area (Å²) in [5, 5.41) is 0. The molecule has 1 unspecified atom stereocenters. The Morgan fingerprint density at radius 3 is 2.53 bits per heavy atom. The van der Waals surface area contributed by atoms with E-state index >= 15 is 8.78 Å². The topological polar surface area (TPSA) is 38.1 Å². The Bertz CT molecular complexity index is 1770. The van der Waals surface area contributed by atoms with Gasteiger partial charge in [-0.2, -0.15) is 0 Å². The van der Waals surface area contributed by atoms with E-state index in [0.29, 0.717) is 36.6 Å². The summed E-state index contributed by atoms with van der Waals surface area (Å²) >= 11 is 0. The molecule has 0 radical (unpaired) electrons. The molecule has 3 aromatic carbocycles. The maximum absolute atomic E-state index is 15.2. The van der Waals surface area contributed by atoms with Crippen LogP contribution in [0.25, 0.3) is 22.7 Å². The molecule has 43 heavy (non-hydrogen) atoms. The number of hydrogen-bond acceptors (Lipinski definition) is 2. The van der Waals surface area contributed by atoms with Gasteiger partial charge in [0.1, 0.15) is 11.6 Å². The van der Waals surface area contributed by atoms with Crippen LogP contribution in [0.1, 0.15) is 109 Å². The number of para-hydroxylation sites is 2. The molecule has 2 fully saturated rings. The van der Waals surface area contributed by atoms with Gasteiger partial charge in [0.15, 0.2) is 6.30 Å². The molecule has 3 aliphatic rings. The maximum Gasteiger partial charge on any atom is 0.253 e. The molecule has 1 aliphatic heterocycles. The lowest BCUT2D eigenvalue weighted by atomic mass is 9.90. The number of imidazole rings is 1. The molecule has 0 bridgehead atoms. The van der Waals surface area contributed by atoms with Crippen LogP contribution in [0.4, 0.5) is 8.78 Å². The Morgan fingerprint density at radius 1 is 0.977 bits per heavy atom. The molecule has 4 aromatic rings. The molecular formula is C37H37F2N3O. The standard InChI is InChI=1S/C37H37F2N3O/c1-3-35(39)42-34-7-5-4-6-33(34)40-36(42)25-16-18-41(19-17-25)37(43)27-11-14-29-28(21-27)20-23(2)8-13-30(29)31-22-26(24-9-10-24)12-15-32(31)38/h4-7,11-15,20-22,24-25,35H,3,8-10,16-19H2,1-2H3. The molecular weight excluding hydrogens is 540 g/mol. The molecule has 220 valence electrons. The number of piperidine rings is 1. The van der Waals surface area contributed by atoms with Gasteiger partial charge in [0.25, 0.3) is 5.91 Å². The Hall–Kier alpha value is -4.06. The predicted octanol–water partition coefficient (Wildman–Crippen LogP) is 9.19. The van der Waals surface area contributed by atoms with E-state index in [4.69, 9.17) is 4.98 Å². The highest BCUT2D eigenvalue weighted by molar-refractivity contribution is 5.97. The third-order valence-electron chi connectivity index (χ3n) is 9.34. The fourth-order valence-corrected chi connectivity index (χ4v) is 6.78. The molecule has 1 aromatic heterocycles. The first kappa shape index (κ1) is 27.8. The van der Waals surface area contributed by atoms with Gasteiger partial charge in [0.2, 0.25) is 0 Å². The number of hydrogen-bond donors (Lipinski definition) is 0. The van der Waals surface area contributed by atoms with Crippen LogP contribution in [-0.2, 0) is 0 Å². The maximum atomic E-state index is 15.2. The number of benzene rings is 3. The number of alkyl halides is 1. The summed E-state index contributed by atoms with van der Waals surface area (Å²) in [7, 11) is 0. The van der Waals surface area contributed by atoms with Crippen LogP contribution < -0.4 is 0 Å². The van der Waals surface area contributed by atoms with E-state index in [0.717, 1.165) is 52.8 Å². The van der Waals surface area contributed by atoms with Gasteiger partial charge in [-0.25, -0.2) is 13.8 Å². The Morgan fingerprint density at radius 2 is 1.77 bits per heavy atom. The summed E-state index contributed by atoms with van der Waals surface area (Å²) in [5.74, 6) is 1.20. The smallest absolute Gasteiger partial charge is 0.253 e. The third kappa shape index (κ3) is 5.21. The van der Waals surface area contributed by atoms with Crippen molar-refractivity contribution in [3.05, 3.63) is 112 Å². The quantitative estimate of drug-likeness (QED) is 0.229. The number of carbonyl (C=O) groups excluding carboxylic acids is 1. The van der Waals surface area contributed by atoms with Gasteiger partial charge in [-0.3, -0.25) is 9.36 Å². The molecule has 6 heteroatoms. The monoisotopic (exact) mass is 577 g/mol. The van der Waals surface area contributed by atoms with Crippen LogP contribution in [0.15, 0.2) is 72.3 Å². The Labute approximate surface area is 251 Å². The highest BCUT2D eigenvalue weighted by atomic mass is 19.1. The largest absolute Gasteiger partial charge is 0.339 e. The van der Waals surface area contributed by atoms with E-state index in [1.807, 2.05) is 66.4 Å². The lowest BCUT2D eigenvalue weighted by Crippen LogP contribution is -2.38.